The fourth-order valence-electron chi connectivity index (χ4n) is 1.58. The van der Waals surface area contributed by atoms with E-state index in [0.717, 1.165) is 16.7 Å². The van der Waals surface area contributed by atoms with Crippen LogP contribution in [0.3, 0.4) is 0 Å². The van der Waals surface area contributed by atoms with E-state index in [1.54, 1.807) is 7.11 Å². The third-order valence-electron chi connectivity index (χ3n) is 2.34. The summed E-state index contributed by atoms with van der Waals surface area (Å²) in [6.07, 6.45) is 1.20. The van der Waals surface area contributed by atoms with E-state index in [1.165, 1.54) is 6.08 Å². The first kappa shape index (κ1) is 12.5. The van der Waals surface area contributed by atoms with Gasteiger partial charge in [-0.25, -0.2) is 4.79 Å². The lowest BCUT2D eigenvalue weighted by Gasteiger charge is -2.10. The molecule has 0 aliphatic rings. The molecule has 0 heterocycles. The molecule has 0 amide bonds. The van der Waals surface area contributed by atoms with Crippen LogP contribution in [-0.2, 0) is 9.53 Å². The molecule has 1 N–H and O–H groups in total. The van der Waals surface area contributed by atoms with E-state index in [9.17, 15) is 4.79 Å². The van der Waals surface area contributed by atoms with Crippen molar-refractivity contribution >= 4 is 11.5 Å². The second-order valence-electron chi connectivity index (χ2n) is 3.76. The monoisotopic (exact) mass is 220 g/mol. The van der Waals surface area contributed by atoms with Crippen LogP contribution in [0.5, 0.6) is 0 Å². The lowest BCUT2D eigenvalue weighted by atomic mass is 9.98. The number of carboxylic acids is 1. The van der Waals surface area contributed by atoms with Crippen molar-refractivity contribution in [3.8, 4) is 0 Å². The van der Waals surface area contributed by atoms with Gasteiger partial charge < -0.3 is 9.84 Å². The molecule has 0 saturated heterocycles. The summed E-state index contributed by atoms with van der Waals surface area (Å²) < 4.78 is 5.02. The number of ether oxygens (including phenoxy) is 1. The van der Waals surface area contributed by atoms with Crippen LogP contribution in [0.2, 0.25) is 0 Å². The maximum absolute atomic E-state index is 10.7. The summed E-state index contributed by atoms with van der Waals surface area (Å²) in [5, 5.41) is 8.80. The van der Waals surface area contributed by atoms with Crippen LogP contribution in [0.15, 0.2) is 24.3 Å². The van der Waals surface area contributed by atoms with E-state index < -0.39 is 5.97 Å². The van der Waals surface area contributed by atoms with Crippen LogP contribution in [0.1, 0.15) is 16.7 Å². The van der Waals surface area contributed by atoms with Gasteiger partial charge in [-0.3, -0.25) is 0 Å². The number of rotatable bonds is 4. The number of aliphatic carboxylic acids is 1. The Morgan fingerprint density at radius 3 is 2.69 bits per heavy atom. The van der Waals surface area contributed by atoms with E-state index >= 15 is 0 Å². The molecule has 0 radical (unpaired) electrons. The van der Waals surface area contributed by atoms with Crippen molar-refractivity contribution in [1.29, 1.82) is 0 Å². The molecule has 0 aliphatic heterocycles. The van der Waals surface area contributed by atoms with Gasteiger partial charge in [0, 0.05) is 13.2 Å². The van der Waals surface area contributed by atoms with Crippen LogP contribution in [0, 0.1) is 13.8 Å². The molecule has 0 saturated carbocycles. The Morgan fingerprint density at radius 2 is 2.12 bits per heavy atom. The largest absolute Gasteiger partial charge is 0.478 e. The van der Waals surface area contributed by atoms with Crippen molar-refractivity contribution in [3.05, 3.63) is 41.0 Å². The Morgan fingerprint density at radius 1 is 1.44 bits per heavy atom. The van der Waals surface area contributed by atoms with Gasteiger partial charge in [-0.2, -0.15) is 0 Å². The molecule has 0 fully saturated rings. The van der Waals surface area contributed by atoms with E-state index in [1.807, 2.05) is 32.0 Å². The number of aryl methyl sites for hydroxylation is 2. The van der Waals surface area contributed by atoms with E-state index in [0.29, 0.717) is 12.2 Å². The minimum Gasteiger partial charge on any atom is -0.478 e. The third kappa shape index (κ3) is 3.21. The predicted octanol–water partition coefficient (Wildman–Crippen LogP) is 2.42. The maximum atomic E-state index is 10.7. The van der Waals surface area contributed by atoms with Gasteiger partial charge in [0.25, 0.3) is 0 Å². The molecule has 0 bridgehead atoms. The summed E-state index contributed by atoms with van der Waals surface area (Å²) in [7, 11) is 1.56. The zero-order chi connectivity index (χ0) is 12.1. The third-order valence-corrected chi connectivity index (χ3v) is 2.34. The first-order valence-corrected chi connectivity index (χ1v) is 5.04. The van der Waals surface area contributed by atoms with Crippen molar-refractivity contribution in [2.75, 3.05) is 13.7 Å². The average Bonchev–Trinajstić information content (AvgIpc) is 2.20. The number of hydrogen-bond donors (Lipinski definition) is 1. The Labute approximate surface area is 95.4 Å². The number of carbonyl (C=O) groups is 1. The molecule has 0 aromatic heterocycles. The summed E-state index contributed by atoms with van der Waals surface area (Å²) in [6.45, 7) is 4.24. The van der Waals surface area contributed by atoms with Gasteiger partial charge in [-0.15, -0.1) is 0 Å². The first-order valence-electron chi connectivity index (χ1n) is 5.04. The summed E-state index contributed by atoms with van der Waals surface area (Å²) in [5.41, 5.74) is 3.78. The van der Waals surface area contributed by atoms with E-state index in [2.05, 4.69) is 0 Å². The molecule has 0 spiro atoms. The highest BCUT2D eigenvalue weighted by molar-refractivity contribution is 5.90. The van der Waals surface area contributed by atoms with Crippen LogP contribution in [0.4, 0.5) is 0 Å². The van der Waals surface area contributed by atoms with Crippen molar-refractivity contribution in [2.45, 2.75) is 13.8 Å². The standard InChI is InChI=1S/C13H16O3/c1-9-4-5-10(2)12(6-9)11(8-16-3)7-13(14)15/h4-7H,8H2,1-3H3,(H,14,15)/b11-7+. The SMILES string of the molecule is COC/C(=C\C(=O)O)c1cc(C)ccc1C. The summed E-state index contributed by atoms with van der Waals surface area (Å²) in [4.78, 5) is 10.7. The van der Waals surface area contributed by atoms with Gasteiger partial charge in [0.2, 0.25) is 0 Å². The minimum atomic E-state index is -0.951. The Balaban J connectivity index is 3.20. The molecule has 1 aromatic rings. The lowest BCUT2D eigenvalue weighted by molar-refractivity contribution is -0.131. The molecular formula is C13H16O3. The average molecular weight is 220 g/mol. The highest BCUT2D eigenvalue weighted by atomic mass is 16.5. The quantitative estimate of drug-likeness (QED) is 0.793. The van der Waals surface area contributed by atoms with Gasteiger partial charge in [0.15, 0.2) is 0 Å². The topological polar surface area (TPSA) is 46.5 Å². The lowest BCUT2D eigenvalue weighted by Crippen LogP contribution is -2.01. The second-order valence-corrected chi connectivity index (χ2v) is 3.76. The van der Waals surface area contributed by atoms with Crippen LogP contribution in [0.25, 0.3) is 5.57 Å². The molecule has 3 heteroatoms. The predicted molar refractivity (Wildman–Crippen MR) is 63.4 cm³/mol. The Hall–Kier alpha value is -1.61. The normalized spacial score (nSPS) is 11.6. The molecule has 0 atom stereocenters. The zero-order valence-corrected chi connectivity index (χ0v) is 9.78. The highest BCUT2D eigenvalue weighted by Crippen LogP contribution is 2.20. The van der Waals surface area contributed by atoms with Crippen LogP contribution >= 0.6 is 0 Å². The Bertz CT molecular complexity index is 419. The smallest absolute Gasteiger partial charge is 0.328 e. The summed E-state index contributed by atoms with van der Waals surface area (Å²) in [6, 6.07) is 5.96. The Kier molecular flexibility index (Phi) is 4.26. The fraction of sp³-hybridized carbons (Fsp3) is 0.308. The van der Waals surface area contributed by atoms with Gasteiger partial charge >= 0.3 is 5.97 Å². The fourth-order valence-corrected chi connectivity index (χ4v) is 1.58. The summed E-state index contributed by atoms with van der Waals surface area (Å²) >= 11 is 0. The molecule has 16 heavy (non-hydrogen) atoms. The summed E-state index contributed by atoms with van der Waals surface area (Å²) in [5.74, 6) is -0.951. The van der Waals surface area contributed by atoms with Crippen LogP contribution in [-0.4, -0.2) is 24.8 Å². The van der Waals surface area contributed by atoms with Gasteiger partial charge in [-0.05, 0) is 30.5 Å². The van der Waals surface area contributed by atoms with Crippen molar-refractivity contribution in [2.24, 2.45) is 0 Å². The van der Waals surface area contributed by atoms with Gasteiger partial charge in [0.1, 0.15) is 0 Å². The number of benzene rings is 1. The molecule has 1 aromatic carbocycles. The first-order chi connectivity index (χ1) is 7.54. The molecule has 0 aliphatic carbocycles. The molecule has 86 valence electrons. The zero-order valence-electron chi connectivity index (χ0n) is 9.78. The van der Waals surface area contributed by atoms with Crippen molar-refractivity contribution in [3.63, 3.8) is 0 Å². The molecular weight excluding hydrogens is 204 g/mol. The molecule has 0 unspecified atom stereocenters. The number of carboxylic acid groups (broad SMARTS) is 1. The highest BCUT2D eigenvalue weighted by Gasteiger charge is 2.07. The second kappa shape index (κ2) is 5.47. The van der Waals surface area contributed by atoms with Crippen molar-refractivity contribution in [1.82, 2.24) is 0 Å². The van der Waals surface area contributed by atoms with E-state index in [-0.39, 0.29) is 0 Å². The van der Waals surface area contributed by atoms with E-state index in [4.69, 9.17) is 9.84 Å². The maximum Gasteiger partial charge on any atom is 0.328 e. The molecule has 3 nitrogen and oxygen atoms in total. The minimum absolute atomic E-state index is 0.302. The number of methoxy groups -OCH3 is 1. The van der Waals surface area contributed by atoms with Gasteiger partial charge in [-0.1, -0.05) is 23.8 Å². The molecule has 1 rings (SSSR count). The number of hydrogen-bond acceptors (Lipinski definition) is 2. The van der Waals surface area contributed by atoms with Crippen molar-refractivity contribution < 1.29 is 14.6 Å². The van der Waals surface area contributed by atoms with Gasteiger partial charge in [0.05, 0.1) is 6.61 Å². The van der Waals surface area contributed by atoms with Crippen LogP contribution < -0.4 is 0 Å².